The van der Waals surface area contributed by atoms with Gasteiger partial charge in [0.1, 0.15) is 11.8 Å². The molecule has 1 fully saturated rings. The van der Waals surface area contributed by atoms with E-state index < -0.39 is 17.7 Å². The first-order valence-corrected chi connectivity index (χ1v) is 10.5. The van der Waals surface area contributed by atoms with Gasteiger partial charge in [0.05, 0.1) is 5.57 Å². The van der Waals surface area contributed by atoms with Gasteiger partial charge in [0.2, 0.25) is 6.79 Å². The van der Waals surface area contributed by atoms with Gasteiger partial charge in [-0.15, -0.1) is 11.3 Å². The summed E-state index contributed by atoms with van der Waals surface area (Å²) in [7, 11) is 0. The molecule has 0 saturated carbocycles. The monoisotopic (exact) mass is 434 g/mol. The highest BCUT2D eigenvalue weighted by atomic mass is 32.1. The highest BCUT2D eigenvalue weighted by Gasteiger charge is 2.47. The van der Waals surface area contributed by atoms with Crippen molar-refractivity contribution in [2.75, 3.05) is 6.79 Å². The van der Waals surface area contributed by atoms with Crippen LogP contribution in [0.2, 0.25) is 0 Å². The molecule has 2 aliphatic heterocycles. The van der Waals surface area contributed by atoms with E-state index in [0.29, 0.717) is 17.1 Å². The van der Waals surface area contributed by atoms with Gasteiger partial charge in [-0.3, -0.25) is 14.6 Å². The van der Waals surface area contributed by atoms with Crippen molar-refractivity contribution >= 4 is 28.8 Å². The molecule has 0 bridgehead atoms. The van der Waals surface area contributed by atoms with Crippen molar-refractivity contribution < 1.29 is 24.2 Å². The molecular formula is C23H18N2O5S. The van der Waals surface area contributed by atoms with Crippen LogP contribution in [-0.2, 0) is 16.1 Å². The first-order valence-electron chi connectivity index (χ1n) is 9.66. The molecule has 2 aromatic heterocycles. The number of ketones is 1. The molecule has 1 amide bonds. The first-order chi connectivity index (χ1) is 15.0. The topological polar surface area (TPSA) is 89.0 Å². The summed E-state index contributed by atoms with van der Waals surface area (Å²) in [6.45, 7) is 2.26. The Hall–Kier alpha value is -3.65. The summed E-state index contributed by atoms with van der Waals surface area (Å²) in [6, 6.07) is 9.80. The van der Waals surface area contributed by atoms with Crippen LogP contribution in [-0.4, -0.2) is 33.5 Å². The number of amides is 1. The lowest BCUT2D eigenvalue weighted by molar-refractivity contribution is -0.140. The van der Waals surface area contributed by atoms with E-state index >= 15 is 0 Å². The maximum atomic E-state index is 13.1. The van der Waals surface area contributed by atoms with E-state index in [-0.39, 0.29) is 24.7 Å². The Labute approximate surface area is 182 Å². The Balaban J connectivity index is 1.64. The van der Waals surface area contributed by atoms with Crippen LogP contribution in [0, 0.1) is 6.92 Å². The van der Waals surface area contributed by atoms with E-state index in [1.54, 1.807) is 42.7 Å². The van der Waals surface area contributed by atoms with Crippen LogP contribution in [0.3, 0.4) is 0 Å². The SMILES string of the molecule is Cc1ccsc1C1/C(=C(/O)c2ccc3c(c2)OCO3)C(=O)C(=O)N1Cc1ccncc1. The quantitative estimate of drug-likeness (QED) is 0.382. The molecule has 1 unspecified atom stereocenters. The Kier molecular flexibility index (Phi) is 4.71. The molecule has 0 aliphatic carbocycles. The van der Waals surface area contributed by atoms with Gasteiger partial charge in [-0.05, 0) is 59.8 Å². The van der Waals surface area contributed by atoms with Crippen molar-refractivity contribution in [2.24, 2.45) is 0 Å². The number of aryl methyl sites for hydroxylation is 1. The fourth-order valence-electron chi connectivity index (χ4n) is 3.86. The summed E-state index contributed by atoms with van der Waals surface area (Å²) in [5, 5.41) is 13.1. The molecule has 5 rings (SSSR count). The standard InChI is InChI=1S/C23H18N2O5S/c1-13-6-9-31-22(13)19-18(20(26)15-2-3-16-17(10-15)30-12-29-16)21(27)23(28)25(19)11-14-4-7-24-8-5-14/h2-10,19,26H,11-12H2,1H3/b20-18-. The van der Waals surface area contributed by atoms with Gasteiger partial charge in [-0.1, -0.05) is 0 Å². The lowest BCUT2D eigenvalue weighted by Crippen LogP contribution is -2.29. The molecule has 2 aliphatic rings. The number of carbonyl (C=O) groups excluding carboxylic acids is 2. The second kappa shape index (κ2) is 7.55. The third-order valence-corrected chi connectivity index (χ3v) is 6.51. The van der Waals surface area contributed by atoms with Gasteiger partial charge >= 0.3 is 0 Å². The average molecular weight is 434 g/mol. The van der Waals surface area contributed by atoms with Crippen LogP contribution in [0.1, 0.15) is 27.6 Å². The molecule has 0 radical (unpaired) electrons. The van der Waals surface area contributed by atoms with Crippen LogP contribution in [0.15, 0.2) is 59.7 Å². The van der Waals surface area contributed by atoms with Crippen LogP contribution in [0.4, 0.5) is 0 Å². The van der Waals surface area contributed by atoms with Crippen molar-refractivity contribution in [3.63, 3.8) is 0 Å². The van der Waals surface area contributed by atoms with Gasteiger partial charge in [0, 0.05) is 29.4 Å². The lowest BCUT2D eigenvalue weighted by atomic mass is 9.98. The van der Waals surface area contributed by atoms with E-state index in [1.807, 2.05) is 18.4 Å². The third-order valence-electron chi connectivity index (χ3n) is 5.44. The molecule has 1 saturated heterocycles. The fourth-order valence-corrected chi connectivity index (χ4v) is 4.91. The minimum absolute atomic E-state index is 0.0727. The van der Waals surface area contributed by atoms with Crippen molar-refractivity contribution in [1.29, 1.82) is 0 Å². The number of benzene rings is 1. The van der Waals surface area contributed by atoms with E-state index in [0.717, 1.165) is 16.0 Å². The number of carbonyl (C=O) groups is 2. The molecule has 7 nitrogen and oxygen atoms in total. The number of hydrogen-bond donors (Lipinski definition) is 1. The number of ether oxygens (including phenoxy) is 2. The van der Waals surface area contributed by atoms with Gasteiger partial charge in [0.15, 0.2) is 11.5 Å². The van der Waals surface area contributed by atoms with Crippen molar-refractivity contribution in [3.05, 3.63) is 81.3 Å². The van der Waals surface area contributed by atoms with Crippen LogP contribution < -0.4 is 9.47 Å². The molecule has 156 valence electrons. The van der Waals surface area contributed by atoms with E-state index in [9.17, 15) is 14.7 Å². The number of aliphatic hydroxyl groups is 1. The Morgan fingerprint density at radius 1 is 1.16 bits per heavy atom. The lowest BCUT2D eigenvalue weighted by Gasteiger charge is -2.25. The predicted molar refractivity (Wildman–Crippen MR) is 114 cm³/mol. The third kappa shape index (κ3) is 3.25. The summed E-state index contributed by atoms with van der Waals surface area (Å²) < 4.78 is 10.7. The summed E-state index contributed by atoms with van der Waals surface area (Å²) >= 11 is 1.45. The average Bonchev–Trinajstić information content (AvgIpc) is 3.48. The number of rotatable bonds is 4. The zero-order valence-corrected chi connectivity index (χ0v) is 17.4. The molecule has 4 heterocycles. The first kappa shape index (κ1) is 19.3. The van der Waals surface area contributed by atoms with Gasteiger partial charge in [-0.2, -0.15) is 0 Å². The molecule has 1 N–H and O–H groups in total. The molecule has 3 aromatic rings. The molecule has 31 heavy (non-hydrogen) atoms. The maximum absolute atomic E-state index is 13.1. The van der Waals surface area contributed by atoms with Crippen molar-refractivity contribution in [3.8, 4) is 11.5 Å². The number of nitrogens with zero attached hydrogens (tertiary/aromatic N) is 2. The number of likely N-dealkylation sites (tertiary alicyclic amines) is 1. The molecule has 1 atom stereocenters. The van der Waals surface area contributed by atoms with Crippen molar-refractivity contribution in [2.45, 2.75) is 19.5 Å². The number of pyridine rings is 1. The molecular weight excluding hydrogens is 416 g/mol. The van der Waals surface area contributed by atoms with Crippen LogP contribution in [0.25, 0.3) is 5.76 Å². The molecule has 8 heteroatoms. The van der Waals surface area contributed by atoms with Crippen LogP contribution in [0.5, 0.6) is 11.5 Å². The van der Waals surface area contributed by atoms with E-state index in [2.05, 4.69) is 4.98 Å². The van der Waals surface area contributed by atoms with Gasteiger partial charge < -0.3 is 19.5 Å². The van der Waals surface area contributed by atoms with Gasteiger partial charge in [0.25, 0.3) is 11.7 Å². The number of hydrogen-bond acceptors (Lipinski definition) is 7. The molecule has 1 aromatic carbocycles. The molecule has 0 spiro atoms. The Bertz CT molecular complexity index is 1220. The predicted octanol–water partition coefficient (Wildman–Crippen LogP) is 3.80. The summed E-state index contributed by atoms with van der Waals surface area (Å²) in [6.07, 6.45) is 3.29. The Morgan fingerprint density at radius 2 is 1.94 bits per heavy atom. The zero-order chi connectivity index (χ0) is 21.5. The smallest absolute Gasteiger partial charge is 0.295 e. The highest BCUT2D eigenvalue weighted by Crippen LogP contribution is 2.44. The minimum atomic E-state index is -0.706. The van der Waals surface area contributed by atoms with Crippen molar-refractivity contribution in [1.82, 2.24) is 9.88 Å². The number of Topliss-reactive ketones (excluding diaryl/α,β-unsaturated/α-hetero) is 1. The fraction of sp³-hybridized carbons (Fsp3) is 0.174. The number of aromatic nitrogens is 1. The normalized spacial score (nSPS) is 19.3. The summed E-state index contributed by atoms with van der Waals surface area (Å²) in [5.74, 6) is -0.523. The number of thiophene rings is 1. The Morgan fingerprint density at radius 3 is 2.68 bits per heavy atom. The summed E-state index contributed by atoms with van der Waals surface area (Å²) in [4.78, 5) is 32.5. The van der Waals surface area contributed by atoms with Gasteiger partial charge in [-0.25, -0.2) is 0 Å². The largest absolute Gasteiger partial charge is 0.507 e. The maximum Gasteiger partial charge on any atom is 0.295 e. The van der Waals surface area contributed by atoms with Crippen LogP contribution >= 0.6 is 11.3 Å². The van der Waals surface area contributed by atoms with E-state index in [1.165, 1.54) is 16.2 Å². The number of fused-ring (bicyclic) bond motifs is 1. The zero-order valence-electron chi connectivity index (χ0n) is 16.6. The second-order valence-corrected chi connectivity index (χ2v) is 8.27. The highest BCUT2D eigenvalue weighted by molar-refractivity contribution is 7.10. The number of aliphatic hydroxyl groups excluding tert-OH is 1. The minimum Gasteiger partial charge on any atom is -0.507 e. The van der Waals surface area contributed by atoms with E-state index in [4.69, 9.17) is 9.47 Å². The summed E-state index contributed by atoms with van der Waals surface area (Å²) in [5.41, 5.74) is 2.27. The second-order valence-electron chi connectivity index (χ2n) is 7.32.